The van der Waals surface area contributed by atoms with Gasteiger partial charge >= 0.3 is 12.4 Å². The van der Waals surface area contributed by atoms with Crippen molar-refractivity contribution in [3.05, 3.63) is 105 Å². The largest absolute Gasteiger partial charge is 0.497 e. The first kappa shape index (κ1) is 39.5. The number of nitrogens with zero attached hydrogens (tertiary/aromatic N) is 2. The maximum absolute atomic E-state index is 12.5. The SMILES string of the molecule is CCN(CC)C(=O)c1ccc(OC)cc1C.COc1ccc2c(=O)[nH]c(C(F)(F)F)cc2c1.COc1ccc2c(Cl)nc(C(F)(F)F)cc2c1. The van der Waals surface area contributed by atoms with E-state index in [1.165, 1.54) is 38.5 Å². The van der Waals surface area contributed by atoms with E-state index in [-0.39, 0.29) is 21.8 Å². The molecule has 0 aliphatic rings. The molecular formula is C35H34ClF6N3O5. The van der Waals surface area contributed by atoms with Crippen molar-refractivity contribution in [2.24, 2.45) is 0 Å². The number of pyridine rings is 2. The summed E-state index contributed by atoms with van der Waals surface area (Å²) in [6.45, 7) is 7.38. The van der Waals surface area contributed by atoms with E-state index in [2.05, 4.69) is 4.98 Å². The third-order valence-corrected chi connectivity index (χ3v) is 7.64. The fourth-order valence-corrected chi connectivity index (χ4v) is 4.94. The fourth-order valence-electron chi connectivity index (χ4n) is 4.68. The van der Waals surface area contributed by atoms with Crippen molar-refractivity contribution < 1.29 is 45.3 Å². The zero-order valence-corrected chi connectivity index (χ0v) is 28.6. The highest BCUT2D eigenvalue weighted by Crippen LogP contribution is 2.34. The molecule has 0 aliphatic heterocycles. The average Bonchev–Trinajstić information content (AvgIpc) is 3.07. The predicted octanol–water partition coefficient (Wildman–Crippen LogP) is 8.96. The van der Waals surface area contributed by atoms with E-state index >= 15 is 0 Å². The van der Waals surface area contributed by atoms with Crippen LogP contribution in [0.2, 0.25) is 5.15 Å². The summed E-state index contributed by atoms with van der Waals surface area (Å²) < 4.78 is 90.0. The number of methoxy groups -OCH3 is 3. The van der Waals surface area contributed by atoms with Gasteiger partial charge in [0.2, 0.25) is 0 Å². The van der Waals surface area contributed by atoms with Crippen molar-refractivity contribution in [2.45, 2.75) is 33.1 Å². The van der Waals surface area contributed by atoms with Crippen molar-refractivity contribution in [1.82, 2.24) is 14.9 Å². The highest BCUT2D eigenvalue weighted by Gasteiger charge is 2.33. The Morgan fingerprint density at radius 2 is 1.26 bits per heavy atom. The Hall–Kier alpha value is -4.98. The van der Waals surface area contributed by atoms with E-state index < -0.39 is 29.3 Å². The maximum Gasteiger partial charge on any atom is 0.433 e. The molecule has 5 aromatic rings. The number of carbonyl (C=O) groups is 1. The van der Waals surface area contributed by atoms with E-state index in [4.69, 9.17) is 25.8 Å². The van der Waals surface area contributed by atoms with Crippen LogP contribution in [0, 0.1) is 6.92 Å². The van der Waals surface area contributed by atoms with Crippen LogP contribution in [0.4, 0.5) is 26.3 Å². The molecule has 268 valence electrons. The first-order valence-electron chi connectivity index (χ1n) is 14.9. The molecule has 50 heavy (non-hydrogen) atoms. The number of carbonyl (C=O) groups excluding carboxylic acids is 1. The van der Waals surface area contributed by atoms with Crippen LogP contribution in [0.5, 0.6) is 17.2 Å². The highest BCUT2D eigenvalue weighted by molar-refractivity contribution is 6.34. The molecule has 0 fully saturated rings. The zero-order valence-electron chi connectivity index (χ0n) is 27.8. The minimum Gasteiger partial charge on any atom is -0.497 e. The molecule has 1 amide bonds. The van der Waals surface area contributed by atoms with Crippen molar-refractivity contribution >= 4 is 39.1 Å². The number of hydrogen-bond acceptors (Lipinski definition) is 6. The van der Waals surface area contributed by atoms with Crippen LogP contribution >= 0.6 is 11.6 Å². The van der Waals surface area contributed by atoms with Gasteiger partial charge < -0.3 is 24.1 Å². The van der Waals surface area contributed by atoms with Crippen molar-refractivity contribution in [3.8, 4) is 17.2 Å². The number of benzene rings is 3. The Balaban J connectivity index is 0.000000203. The molecule has 0 saturated carbocycles. The Morgan fingerprint density at radius 3 is 1.74 bits per heavy atom. The lowest BCUT2D eigenvalue weighted by molar-refractivity contribution is -0.141. The van der Waals surface area contributed by atoms with E-state index in [0.29, 0.717) is 22.3 Å². The van der Waals surface area contributed by atoms with Gasteiger partial charge in [-0.3, -0.25) is 9.59 Å². The summed E-state index contributed by atoms with van der Waals surface area (Å²) in [5, 5.41) is 1.02. The molecule has 0 saturated heterocycles. The maximum atomic E-state index is 12.5. The van der Waals surface area contributed by atoms with Gasteiger partial charge in [0.15, 0.2) is 0 Å². The number of alkyl halides is 6. The van der Waals surface area contributed by atoms with Gasteiger partial charge in [0.25, 0.3) is 11.5 Å². The third kappa shape index (κ3) is 9.80. The van der Waals surface area contributed by atoms with Crippen LogP contribution in [0.25, 0.3) is 21.5 Å². The summed E-state index contributed by atoms with van der Waals surface area (Å²) in [4.78, 5) is 30.5. The predicted molar refractivity (Wildman–Crippen MR) is 179 cm³/mol. The molecular weight excluding hydrogens is 692 g/mol. The number of aromatic amines is 1. The van der Waals surface area contributed by atoms with Gasteiger partial charge in [-0.25, -0.2) is 4.98 Å². The summed E-state index contributed by atoms with van der Waals surface area (Å²) >= 11 is 5.71. The molecule has 0 spiro atoms. The lowest BCUT2D eigenvalue weighted by Crippen LogP contribution is -2.30. The molecule has 0 bridgehead atoms. The van der Waals surface area contributed by atoms with Gasteiger partial charge in [-0.15, -0.1) is 0 Å². The number of hydrogen-bond donors (Lipinski definition) is 1. The van der Waals surface area contributed by atoms with E-state index in [9.17, 15) is 35.9 Å². The second-order valence-corrected chi connectivity index (χ2v) is 10.9. The van der Waals surface area contributed by atoms with Crippen molar-refractivity contribution in [1.29, 1.82) is 0 Å². The summed E-state index contributed by atoms with van der Waals surface area (Å²) in [5.74, 6) is 1.74. The minimum absolute atomic E-state index is 0.0881. The standard InChI is InChI=1S/C13H19NO2.C11H7ClF3NO.C11H8F3NO2/c1-5-14(6-2)13(15)12-8-7-11(16-4)9-10(12)3;1-17-7-2-3-8-6(4-7)5-9(11(13,14)15)16-10(8)12;1-17-7-2-3-8-6(4-7)5-9(11(12,13)14)15-10(8)16/h7-9H,5-6H2,1-4H3;2-5H,1H3;2-5H,1H3,(H,15,16). The van der Waals surface area contributed by atoms with Crippen LogP contribution in [-0.4, -0.2) is 55.2 Å². The molecule has 2 heterocycles. The van der Waals surface area contributed by atoms with E-state index in [1.54, 1.807) is 24.2 Å². The number of amides is 1. The molecule has 2 aromatic heterocycles. The summed E-state index contributed by atoms with van der Waals surface area (Å²) in [7, 11) is 4.47. The lowest BCUT2D eigenvalue weighted by Gasteiger charge is -2.19. The second-order valence-electron chi connectivity index (χ2n) is 10.5. The number of rotatable bonds is 6. The number of H-pyrrole nitrogens is 1. The average molecular weight is 726 g/mol. The number of aryl methyl sites for hydroxylation is 1. The molecule has 0 radical (unpaired) electrons. The number of aromatic nitrogens is 2. The van der Waals surface area contributed by atoms with Crippen LogP contribution in [0.3, 0.4) is 0 Å². The Kier molecular flexibility index (Phi) is 13.1. The van der Waals surface area contributed by atoms with E-state index in [1.807, 2.05) is 43.9 Å². The zero-order chi connectivity index (χ0) is 37.4. The van der Waals surface area contributed by atoms with Crippen LogP contribution in [-0.2, 0) is 12.4 Å². The van der Waals surface area contributed by atoms with Gasteiger partial charge in [0.05, 0.1) is 21.3 Å². The molecule has 0 unspecified atom stereocenters. The first-order chi connectivity index (χ1) is 23.5. The normalized spacial score (nSPS) is 11.2. The number of fused-ring (bicyclic) bond motifs is 2. The third-order valence-electron chi connectivity index (χ3n) is 7.35. The van der Waals surface area contributed by atoms with Crippen LogP contribution < -0.4 is 19.8 Å². The highest BCUT2D eigenvalue weighted by atomic mass is 35.5. The Morgan fingerprint density at radius 1 is 0.760 bits per heavy atom. The van der Waals surface area contributed by atoms with Crippen LogP contribution in [0.15, 0.2) is 71.5 Å². The minimum atomic E-state index is -4.57. The Bertz CT molecular complexity index is 2010. The monoisotopic (exact) mass is 725 g/mol. The van der Waals surface area contributed by atoms with Gasteiger partial charge in [0, 0.05) is 29.4 Å². The van der Waals surface area contributed by atoms with E-state index in [0.717, 1.165) is 42.1 Å². The lowest BCUT2D eigenvalue weighted by atomic mass is 10.1. The fraction of sp³-hybridized carbons (Fsp3) is 0.286. The molecule has 15 heteroatoms. The summed E-state index contributed by atoms with van der Waals surface area (Å²) in [6, 6.07) is 16.4. The van der Waals surface area contributed by atoms with Crippen molar-refractivity contribution in [3.63, 3.8) is 0 Å². The van der Waals surface area contributed by atoms with Gasteiger partial charge in [-0.1, -0.05) is 11.6 Å². The van der Waals surface area contributed by atoms with Gasteiger partial charge in [0.1, 0.15) is 33.8 Å². The van der Waals surface area contributed by atoms with Gasteiger partial charge in [-0.2, -0.15) is 26.3 Å². The molecule has 3 aromatic carbocycles. The Labute approximate surface area is 288 Å². The second kappa shape index (κ2) is 16.6. The first-order valence-corrected chi connectivity index (χ1v) is 15.3. The smallest absolute Gasteiger partial charge is 0.433 e. The summed E-state index contributed by atoms with van der Waals surface area (Å²) in [5.41, 5.74) is -1.13. The van der Waals surface area contributed by atoms with Crippen molar-refractivity contribution in [2.75, 3.05) is 34.4 Å². The number of nitrogens with one attached hydrogen (secondary N) is 1. The molecule has 1 N–H and O–H groups in total. The quantitative estimate of drug-likeness (QED) is 0.139. The summed E-state index contributed by atoms with van der Waals surface area (Å²) in [6.07, 6.45) is -9.09. The van der Waals surface area contributed by atoms with Gasteiger partial charge in [-0.05, 0) is 104 Å². The topological polar surface area (TPSA) is 93.8 Å². The molecule has 0 atom stereocenters. The number of ether oxygens (including phenoxy) is 3. The molecule has 8 nitrogen and oxygen atoms in total. The molecule has 0 aliphatic carbocycles. The molecule has 5 rings (SSSR count). The van der Waals surface area contributed by atoms with Crippen LogP contribution in [0.1, 0.15) is 41.2 Å². The number of halogens is 7.